The Labute approximate surface area is 168 Å². The van der Waals surface area contributed by atoms with Crippen LogP contribution in [0.1, 0.15) is 34.6 Å². The monoisotopic (exact) mass is 393 g/mol. The summed E-state index contributed by atoms with van der Waals surface area (Å²) in [4.78, 5) is 31.7. The van der Waals surface area contributed by atoms with Gasteiger partial charge >= 0.3 is 6.01 Å². The van der Waals surface area contributed by atoms with E-state index in [-0.39, 0.29) is 18.5 Å². The molecule has 3 heterocycles. The third-order valence-corrected chi connectivity index (χ3v) is 4.77. The number of nitrogens with zero attached hydrogens (tertiary/aromatic N) is 6. The van der Waals surface area contributed by atoms with E-state index >= 15 is 0 Å². The van der Waals surface area contributed by atoms with Crippen molar-refractivity contribution in [3.05, 3.63) is 59.9 Å². The van der Waals surface area contributed by atoms with Crippen LogP contribution in [0.15, 0.2) is 43.0 Å². The number of carbonyl (C=O) groups is 1. The van der Waals surface area contributed by atoms with Crippen molar-refractivity contribution in [1.82, 2.24) is 29.8 Å². The standard InChI is InChI=1S/C20H23N7O2/c1-29-20-24-17(23-19(25-20)27-9-2-3-10-27)12-22-18(28)16-6-4-15(5-7-16)13-26-11-8-21-14-26/h4-8,11,14H,2-3,9-10,12-13H2,1H3,(H,22,28). The molecule has 1 fully saturated rings. The maximum absolute atomic E-state index is 12.5. The maximum Gasteiger partial charge on any atom is 0.321 e. The van der Waals surface area contributed by atoms with E-state index in [9.17, 15) is 4.79 Å². The van der Waals surface area contributed by atoms with Crippen molar-refractivity contribution in [1.29, 1.82) is 0 Å². The number of hydrogen-bond donors (Lipinski definition) is 1. The molecule has 1 aliphatic rings. The summed E-state index contributed by atoms with van der Waals surface area (Å²) >= 11 is 0. The highest BCUT2D eigenvalue weighted by atomic mass is 16.5. The van der Waals surface area contributed by atoms with E-state index < -0.39 is 0 Å². The Bertz CT molecular complexity index is 951. The molecular weight excluding hydrogens is 370 g/mol. The molecule has 29 heavy (non-hydrogen) atoms. The summed E-state index contributed by atoms with van der Waals surface area (Å²) in [6.07, 6.45) is 7.65. The minimum absolute atomic E-state index is 0.179. The fourth-order valence-electron chi connectivity index (χ4n) is 3.23. The van der Waals surface area contributed by atoms with Gasteiger partial charge in [0.05, 0.1) is 20.0 Å². The topological polar surface area (TPSA) is 98.1 Å². The first-order valence-corrected chi connectivity index (χ1v) is 9.58. The van der Waals surface area contributed by atoms with Gasteiger partial charge in [-0.25, -0.2) is 4.98 Å². The van der Waals surface area contributed by atoms with Crippen molar-refractivity contribution < 1.29 is 9.53 Å². The fourth-order valence-corrected chi connectivity index (χ4v) is 3.23. The van der Waals surface area contributed by atoms with Gasteiger partial charge in [0.1, 0.15) is 0 Å². The molecule has 1 aromatic carbocycles. The van der Waals surface area contributed by atoms with E-state index in [1.54, 1.807) is 12.5 Å². The van der Waals surface area contributed by atoms with Crippen LogP contribution in [0.4, 0.5) is 5.95 Å². The number of imidazole rings is 1. The molecular formula is C20H23N7O2. The Morgan fingerprint density at radius 3 is 2.62 bits per heavy atom. The first kappa shape index (κ1) is 18.9. The summed E-state index contributed by atoms with van der Waals surface area (Å²) in [5.41, 5.74) is 1.68. The summed E-state index contributed by atoms with van der Waals surface area (Å²) in [7, 11) is 1.52. The van der Waals surface area contributed by atoms with Crippen LogP contribution in [0.25, 0.3) is 0 Å². The lowest BCUT2D eigenvalue weighted by Crippen LogP contribution is -2.26. The predicted molar refractivity (Wildman–Crippen MR) is 107 cm³/mol. The van der Waals surface area contributed by atoms with Crippen molar-refractivity contribution in [3.63, 3.8) is 0 Å². The minimum atomic E-state index is -0.179. The number of anilines is 1. The van der Waals surface area contributed by atoms with E-state index in [1.165, 1.54) is 7.11 Å². The summed E-state index contributed by atoms with van der Waals surface area (Å²) in [6, 6.07) is 7.75. The van der Waals surface area contributed by atoms with E-state index in [0.717, 1.165) is 31.5 Å². The number of hydrogen-bond acceptors (Lipinski definition) is 7. The highest BCUT2D eigenvalue weighted by molar-refractivity contribution is 5.94. The summed E-state index contributed by atoms with van der Waals surface area (Å²) in [5, 5.41) is 2.87. The first-order valence-electron chi connectivity index (χ1n) is 9.58. The summed E-state index contributed by atoms with van der Waals surface area (Å²) in [6.45, 7) is 2.76. The first-order chi connectivity index (χ1) is 14.2. The Kier molecular flexibility index (Phi) is 5.64. The lowest BCUT2D eigenvalue weighted by atomic mass is 10.1. The molecule has 3 aromatic rings. The third-order valence-electron chi connectivity index (χ3n) is 4.77. The molecule has 0 radical (unpaired) electrons. The van der Waals surface area contributed by atoms with Crippen LogP contribution in [0.2, 0.25) is 0 Å². The zero-order chi connectivity index (χ0) is 20.1. The van der Waals surface area contributed by atoms with E-state index in [2.05, 4.69) is 30.2 Å². The molecule has 0 bridgehead atoms. The van der Waals surface area contributed by atoms with Gasteiger partial charge in [-0.15, -0.1) is 0 Å². The molecule has 150 valence electrons. The van der Waals surface area contributed by atoms with Gasteiger partial charge in [0.25, 0.3) is 5.91 Å². The average Bonchev–Trinajstić information content (AvgIpc) is 3.47. The van der Waals surface area contributed by atoms with Gasteiger partial charge in [0, 0.05) is 37.6 Å². The quantitative estimate of drug-likeness (QED) is 0.652. The van der Waals surface area contributed by atoms with Gasteiger partial charge in [-0.2, -0.15) is 15.0 Å². The van der Waals surface area contributed by atoms with Crippen molar-refractivity contribution in [2.75, 3.05) is 25.1 Å². The molecule has 0 aliphatic carbocycles. The molecule has 4 rings (SSSR count). The summed E-state index contributed by atoms with van der Waals surface area (Å²) in [5.74, 6) is 0.896. The molecule has 0 unspecified atom stereocenters. The van der Waals surface area contributed by atoms with Crippen LogP contribution in [0, 0.1) is 0 Å². The van der Waals surface area contributed by atoms with Gasteiger partial charge in [-0.05, 0) is 30.5 Å². The van der Waals surface area contributed by atoms with Crippen molar-refractivity contribution >= 4 is 11.9 Å². The SMILES string of the molecule is COc1nc(CNC(=O)c2ccc(Cn3ccnc3)cc2)nc(N2CCCC2)n1. The predicted octanol–water partition coefficient (Wildman–Crippen LogP) is 1.66. The largest absolute Gasteiger partial charge is 0.467 e. The van der Waals surface area contributed by atoms with Gasteiger partial charge < -0.3 is 19.5 Å². The number of carbonyl (C=O) groups excluding carboxylic acids is 1. The van der Waals surface area contributed by atoms with E-state index in [0.29, 0.717) is 23.9 Å². The second-order valence-corrected chi connectivity index (χ2v) is 6.85. The normalized spacial score (nSPS) is 13.5. The Balaban J connectivity index is 1.39. The highest BCUT2D eigenvalue weighted by Gasteiger charge is 2.18. The summed E-state index contributed by atoms with van der Waals surface area (Å²) < 4.78 is 7.17. The molecule has 2 aromatic heterocycles. The average molecular weight is 393 g/mol. The van der Waals surface area contributed by atoms with Crippen LogP contribution in [0.3, 0.4) is 0 Å². The second kappa shape index (κ2) is 8.68. The molecule has 1 N–H and O–H groups in total. The van der Waals surface area contributed by atoms with Gasteiger partial charge in [0.2, 0.25) is 5.95 Å². The number of ether oxygens (including phenoxy) is 1. The van der Waals surface area contributed by atoms with Gasteiger partial charge in [-0.3, -0.25) is 4.79 Å². The molecule has 0 spiro atoms. The number of amides is 1. The second-order valence-electron chi connectivity index (χ2n) is 6.85. The number of methoxy groups -OCH3 is 1. The van der Waals surface area contributed by atoms with Crippen molar-refractivity contribution in [2.45, 2.75) is 25.9 Å². The van der Waals surface area contributed by atoms with Crippen LogP contribution >= 0.6 is 0 Å². The van der Waals surface area contributed by atoms with Crippen LogP contribution < -0.4 is 15.0 Å². The lowest BCUT2D eigenvalue weighted by Gasteiger charge is -2.16. The van der Waals surface area contributed by atoms with E-state index in [1.807, 2.05) is 35.0 Å². The van der Waals surface area contributed by atoms with Gasteiger partial charge in [0.15, 0.2) is 5.82 Å². The Morgan fingerprint density at radius 1 is 1.14 bits per heavy atom. The Hall–Kier alpha value is -3.49. The smallest absolute Gasteiger partial charge is 0.321 e. The van der Waals surface area contributed by atoms with Crippen molar-refractivity contribution in [3.8, 4) is 6.01 Å². The number of benzene rings is 1. The van der Waals surface area contributed by atoms with E-state index in [4.69, 9.17) is 4.74 Å². The van der Waals surface area contributed by atoms with Crippen LogP contribution in [-0.2, 0) is 13.1 Å². The lowest BCUT2D eigenvalue weighted by molar-refractivity contribution is 0.0949. The highest BCUT2D eigenvalue weighted by Crippen LogP contribution is 2.17. The third kappa shape index (κ3) is 4.68. The molecule has 9 nitrogen and oxygen atoms in total. The maximum atomic E-state index is 12.5. The Morgan fingerprint density at radius 2 is 1.93 bits per heavy atom. The molecule has 1 amide bonds. The molecule has 0 saturated carbocycles. The molecule has 1 saturated heterocycles. The number of nitrogens with one attached hydrogen (secondary N) is 1. The van der Waals surface area contributed by atoms with Crippen LogP contribution in [-0.4, -0.2) is 50.6 Å². The number of rotatable bonds is 7. The zero-order valence-electron chi connectivity index (χ0n) is 16.3. The fraction of sp³-hybridized carbons (Fsp3) is 0.350. The van der Waals surface area contributed by atoms with Crippen molar-refractivity contribution in [2.24, 2.45) is 0 Å². The molecule has 1 aliphatic heterocycles. The number of aromatic nitrogens is 5. The molecule has 9 heteroatoms. The molecule has 0 atom stereocenters. The zero-order valence-corrected chi connectivity index (χ0v) is 16.3. The minimum Gasteiger partial charge on any atom is -0.467 e. The van der Waals surface area contributed by atoms with Gasteiger partial charge in [-0.1, -0.05) is 12.1 Å². The van der Waals surface area contributed by atoms with Crippen LogP contribution in [0.5, 0.6) is 6.01 Å².